The van der Waals surface area contributed by atoms with Crippen LogP contribution in [0, 0.1) is 6.92 Å². The molecule has 4 N–H and O–H groups in total. The lowest BCUT2D eigenvalue weighted by Gasteiger charge is -2.08. The van der Waals surface area contributed by atoms with Gasteiger partial charge in [0.2, 0.25) is 0 Å². The minimum atomic E-state index is -0.771. The minimum absolute atomic E-state index is 0.155. The summed E-state index contributed by atoms with van der Waals surface area (Å²) in [4.78, 5) is 23.3. The van der Waals surface area contributed by atoms with E-state index in [9.17, 15) is 9.59 Å². The van der Waals surface area contributed by atoms with E-state index in [4.69, 9.17) is 10.2 Å². The number of amides is 2. The average molecular weight is 273 g/mol. The third-order valence-corrected chi connectivity index (χ3v) is 2.66. The molecule has 104 valence electrons. The fourth-order valence-corrected chi connectivity index (χ4v) is 1.64. The third kappa shape index (κ3) is 3.38. The maximum absolute atomic E-state index is 11.7. The van der Waals surface area contributed by atoms with E-state index in [-0.39, 0.29) is 6.54 Å². The van der Waals surface area contributed by atoms with Crippen molar-refractivity contribution >= 4 is 23.2 Å². The van der Waals surface area contributed by atoms with Crippen LogP contribution in [-0.2, 0) is 16.1 Å². The van der Waals surface area contributed by atoms with Crippen molar-refractivity contribution in [2.75, 3.05) is 11.1 Å². The maximum Gasteiger partial charge on any atom is 0.313 e. The maximum atomic E-state index is 11.7. The van der Waals surface area contributed by atoms with E-state index in [2.05, 4.69) is 10.6 Å². The second kappa shape index (κ2) is 5.92. The Morgan fingerprint density at radius 3 is 2.70 bits per heavy atom. The number of aryl methyl sites for hydroxylation is 1. The third-order valence-electron chi connectivity index (χ3n) is 2.66. The minimum Gasteiger partial charge on any atom is -0.467 e. The largest absolute Gasteiger partial charge is 0.467 e. The molecule has 1 aromatic carbocycles. The predicted molar refractivity (Wildman–Crippen MR) is 74.8 cm³/mol. The number of carbonyl (C=O) groups is 2. The van der Waals surface area contributed by atoms with E-state index in [1.165, 1.54) is 6.26 Å². The molecule has 2 aromatic rings. The fraction of sp³-hybridized carbons (Fsp3) is 0.143. The van der Waals surface area contributed by atoms with Gasteiger partial charge >= 0.3 is 11.8 Å². The summed E-state index contributed by atoms with van der Waals surface area (Å²) in [7, 11) is 0. The van der Waals surface area contributed by atoms with Crippen LogP contribution in [0.3, 0.4) is 0 Å². The Kier molecular flexibility index (Phi) is 4.05. The highest BCUT2D eigenvalue weighted by molar-refractivity contribution is 6.39. The highest BCUT2D eigenvalue weighted by Crippen LogP contribution is 2.19. The standard InChI is InChI=1S/C14H15N3O3/c1-9-4-5-12(11(15)7-9)17-14(19)13(18)16-8-10-3-2-6-20-10/h2-7H,8,15H2,1H3,(H,16,18)(H,17,19). The highest BCUT2D eigenvalue weighted by Gasteiger charge is 2.14. The lowest BCUT2D eigenvalue weighted by molar-refractivity contribution is -0.136. The molecule has 6 heteroatoms. The van der Waals surface area contributed by atoms with Crippen molar-refractivity contribution in [1.29, 1.82) is 0 Å². The zero-order valence-electron chi connectivity index (χ0n) is 11.0. The van der Waals surface area contributed by atoms with E-state index in [1.54, 1.807) is 30.3 Å². The van der Waals surface area contributed by atoms with Gasteiger partial charge in [-0.15, -0.1) is 0 Å². The number of anilines is 2. The number of furan rings is 1. The smallest absolute Gasteiger partial charge is 0.313 e. The second-order valence-corrected chi connectivity index (χ2v) is 4.31. The quantitative estimate of drug-likeness (QED) is 0.582. The summed E-state index contributed by atoms with van der Waals surface area (Å²) < 4.78 is 5.05. The molecule has 0 aliphatic heterocycles. The average Bonchev–Trinajstić information content (AvgIpc) is 2.92. The van der Waals surface area contributed by atoms with Gasteiger partial charge in [0.15, 0.2) is 0 Å². The molecule has 0 spiro atoms. The van der Waals surface area contributed by atoms with Crippen molar-refractivity contribution in [1.82, 2.24) is 5.32 Å². The van der Waals surface area contributed by atoms with Gasteiger partial charge in [-0.3, -0.25) is 9.59 Å². The number of nitrogen functional groups attached to an aromatic ring is 1. The summed E-state index contributed by atoms with van der Waals surface area (Å²) in [5.74, 6) is -0.950. The summed E-state index contributed by atoms with van der Waals surface area (Å²) >= 11 is 0. The van der Waals surface area contributed by atoms with Gasteiger partial charge in [-0.1, -0.05) is 6.07 Å². The molecular formula is C14H15N3O3. The summed E-state index contributed by atoms with van der Waals surface area (Å²) in [6.07, 6.45) is 1.49. The molecule has 0 aliphatic carbocycles. The van der Waals surface area contributed by atoms with Crippen molar-refractivity contribution in [3.63, 3.8) is 0 Å². The van der Waals surface area contributed by atoms with Gasteiger partial charge in [-0.2, -0.15) is 0 Å². The van der Waals surface area contributed by atoms with E-state index in [0.29, 0.717) is 17.1 Å². The normalized spacial score (nSPS) is 10.1. The first-order chi connectivity index (χ1) is 9.56. The van der Waals surface area contributed by atoms with E-state index >= 15 is 0 Å². The monoisotopic (exact) mass is 273 g/mol. The number of hydrogen-bond donors (Lipinski definition) is 3. The highest BCUT2D eigenvalue weighted by atomic mass is 16.3. The van der Waals surface area contributed by atoms with Crippen LogP contribution in [-0.4, -0.2) is 11.8 Å². The number of hydrogen-bond acceptors (Lipinski definition) is 4. The molecule has 6 nitrogen and oxygen atoms in total. The molecule has 0 bridgehead atoms. The first kappa shape index (κ1) is 13.7. The Hall–Kier alpha value is -2.76. The summed E-state index contributed by atoms with van der Waals surface area (Å²) in [5, 5.41) is 4.91. The lowest BCUT2D eigenvalue weighted by atomic mass is 10.2. The first-order valence-electron chi connectivity index (χ1n) is 6.04. The molecule has 1 aromatic heterocycles. The topological polar surface area (TPSA) is 97.4 Å². The number of carbonyl (C=O) groups excluding carboxylic acids is 2. The molecule has 0 saturated carbocycles. The van der Waals surface area contributed by atoms with Gasteiger partial charge in [0.25, 0.3) is 0 Å². The Balaban J connectivity index is 1.92. The van der Waals surface area contributed by atoms with E-state index in [1.807, 2.05) is 6.92 Å². The SMILES string of the molecule is Cc1ccc(NC(=O)C(=O)NCc2ccco2)c(N)c1. The van der Waals surface area contributed by atoms with Gasteiger partial charge in [-0.25, -0.2) is 0 Å². The lowest BCUT2D eigenvalue weighted by Crippen LogP contribution is -2.35. The van der Waals surface area contributed by atoms with Crippen molar-refractivity contribution < 1.29 is 14.0 Å². The van der Waals surface area contributed by atoms with Crippen molar-refractivity contribution in [2.24, 2.45) is 0 Å². The van der Waals surface area contributed by atoms with Crippen LogP contribution in [0.2, 0.25) is 0 Å². The van der Waals surface area contributed by atoms with Crippen LogP contribution in [0.15, 0.2) is 41.0 Å². The zero-order chi connectivity index (χ0) is 14.5. The number of nitrogens with two attached hydrogens (primary N) is 1. The fourth-order valence-electron chi connectivity index (χ4n) is 1.64. The Bertz CT molecular complexity index is 621. The molecular weight excluding hydrogens is 258 g/mol. The number of nitrogens with one attached hydrogen (secondary N) is 2. The predicted octanol–water partition coefficient (Wildman–Crippen LogP) is 1.43. The Labute approximate surface area is 116 Å². The van der Waals surface area contributed by atoms with Gasteiger partial charge in [0.1, 0.15) is 5.76 Å². The van der Waals surface area contributed by atoms with Crippen LogP contribution in [0.5, 0.6) is 0 Å². The Morgan fingerprint density at radius 1 is 1.25 bits per heavy atom. The van der Waals surface area contributed by atoms with Gasteiger partial charge in [0.05, 0.1) is 24.2 Å². The molecule has 0 radical (unpaired) electrons. The van der Waals surface area contributed by atoms with Gasteiger partial charge < -0.3 is 20.8 Å². The molecule has 20 heavy (non-hydrogen) atoms. The molecule has 1 heterocycles. The van der Waals surface area contributed by atoms with Gasteiger partial charge in [0, 0.05) is 0 Å². The summed E-state index contributed by atoms with van der Waals surface area (Å²) in [6.45, 7) is 2.04. The summed E-state index contributed by atoms with van der Waals surface area (Å²) in [6, 6.07) is 8.58. The van der Waals surface area contributed by atoms with Crippen LogP contribution in [0.25, 0.3) is 0 Å². The first-order valence-corrected chi connectivity index (χ1v) is 6.04. The molecule has 0 saturated heterocycles. The molecule has 2 amide bonds. The van der Waals surface area contributed by atoms with Crippen LogP contribution in [0.4, 0.5) is 11.4 Å². The number of rotatable bonds is 3. The summed E-state index contributed by atoms with van der Waals surface area (Å²) in [5.41, 5.74) is 7.56. The zero-order valence-corrected chi connectivity index (χ0v) is 11.0. The van der Waals surface area contributed by atoms with E-state index < -0.39 is 11.8 Å². The molecule has 0 fully saturated rings. The van der Waals surface area contributed by atoms with Crippen molar-refractivity contribution in [3.8, 4) is 0 Å². The number of benzene rings is 1. The van der Waals surface area contributed by atoms with Gasteiger partial charge in [-0.05, 0) is 36.8 Å². The van der Waals surface area contributed by atoms with Crippen LogP contribution >= 0.6 is 0 Å². The van der Waals surface area contributed by atoms with E-state index in [0.717, 1.165) is 5.56 Å². The molecule has 0 aliphatic rings. The molecule has 0 unspecified atom stereocenters. The Morgan fingerprint density at radius 2 is 2.05 bits per heavy atom. The van der Waals surface area contributed by atoms with Crippen LogP contribution in [0.1, 0.15) is 11.3 Å². The van der Waals surface area contributed by atoms with Crippen molar-refractivity contribution in [2.45, 2.75) is 13.5 Å². The molecule has 0 atom stereocenters. The second-order valence-electron chi connectivity index (χ2n) is 4.31. The molecule has 2 rings (SSSR count). The van der Waals surface area contributed by atoms with Crippen molar-refractivity contribution in [3.05, 3.63) is 47.9 Å². The van der Waals surface area contributed by atoms with Crippen LogP contribution < -0.4 is 16.4 Å².